The summed E-state index contributed by atoms with van der Waals surface area (Å²) in [4.78, 5) is 4.34. The van der Waals surface area contributed by atoms with Crippen molar-refractivity contribution in [1.82, 2.24) is 10.3 Å². The molecule has 2 aromatic heterocycles. The molecule has 0 aliphatic heterocycles. The van der Waals surface area contributed by atoms with E-state index in [1.54, 1.807) is 17.5 Å². The Morgan fingerprint density at radius 3 is 2.75 bits per heavy atom. The van der Waals surface area contributed by atoms with Gasteiger partial charge in [0.25, 0.3) is 0 Å². The summed E-state index contributed by atoms with van der Waals surface area (Å²) >= 11 is 11.0. The summed E-state index contributed by atoms with van der Waals surface area (Å²) in [6, 6.07) is 3.89. The van der Waals surface area contributed by atoms with Crippen molar-refractivity contribution in [3.8, 4) is 0 Å². The quantitative estimate of drug-likeness (QED) is 0.929. The zero-order valence-corrected chi connectivity index (χ0v) is 11.7. The summed E-state index contributed by atoms with van der Waals surface area (Å²) in [7, 11) is 1.92. The third kappa shape index (κ3) is 2.46. The Balaban J connectivity index is 2.37. The molecule has 0 saturated heterocycles. The van der Waals surface area contributed by atoms with Crippen molar-refractivity contribution in [3.05, 3.63) is 49.8 Å². The van der Waals surface area contributed by atoms with E-state index in [2.05, 4.69) is 37.0 Å². The molecular weight excluding hydrogens is 308 g/mol. The van der Waals surface area contributed by atoms with Crippen molar-refractivity contribution in [1.29, 1.82) is 0 Å². The van der Waals surface area contributed by atoms with E-state index in [9.17, 15) is 0 Å². The van der Waals surface area contributed by atoms with Gasteiger partial charge in [-0.1, -0.05) is 11.6 Å². The van der Waals surface area contributed by atoms with Crippen LogP contribution in [0.15, 0.2) is 33.6 Å². The van der Waals surface area contributed by atoms with E-state index < -0.39 is 0 Å². The molecule has 0 aliphatic rings. The third-order valence-corrected chi connectivity index (χ3v) is 4.26. The van der Waals surface area contributed by atoms with E-state index in [-0.39, 0.29) is 6.04 Å². The van der Waals surface area contributed by atoms with Crippen LogP contribution in [0.4, 0.5) is 0 Å². The first-order valence-electron chi connectivity index (χ1n) is 4.72. The molecule has 0 spiro atoms. The number of thiophene rings is 1. The van der Waals surface area contributed by atoms with E-state index in [1.807, 2.05) is 19.2 Å². The number of hydrogen-bond acceptors (Lipinski definition) is 3. The number of nitrogens with one attached hydrogen (secondary N) is 1. The molecule has 2 nitrogen and oxygen atoms in total. The van der Waals surface area contributed by atoms with Gasteiger partial charge < -0.3 is 5.32 Å². The fraction of sp³-hybridized carbons (Fsp3) is 0.182. The first-order chi connectivity index (χ1) is 7.72. The monoisotopic (exact) mass is 316 g/mol. The zero-order chi connectivity index (χ0) is 11.5. The minimum Gasteiger partial charge on any atom is -0.308 e. The molecule has 0 saturated carbocycles. The van der Waals surface area contributed by atoms with Crippen LogP contribution >= 0.6 is 38.9 Å². The average Bonchev–Trinajstić information content (AvgIpc) is 2.69. The zero-order valence-electron chi connectivity index (χ0n) is 8.58. The number of nitrogens with zero attached hydrogens (tertiary/aromatic N) is 1. The highest BCUT2D eigenvalue weighted by molar-refractivity contribution is 9.10. The van der Waals surface area contributed by atoms with Gasteiger partial charge >= 0.3 is 0 Å². The van der Waals surface area contributed by atoms with Crippen molar-refractivity contribution in [2.75, 3.05) is 7.05 Å². The van der Waals surface area contributed by atoms with Crippen LogP contribution in [0.1, 0.15) is 17.3 Å². The lowest BCUT2D eigenvalue weighted by Gasteiger charge is -2.15. The second-order valence-electron chi connectivity index (χ2n) is 3.30. The highest BCUT2D eigenvalue weighted by Gasteiger charge is 2.16. The van der Waals surface area contributed by atoms with Gasteiger partial charge in [-0.25, -0.2) is 0 Å². The van der Waals surface area contributed by atoms with Crippen LogP contribution in [0.5, 0.6) is 0 Å². The summed E-state index contributed by atoms with van der Waals surface area (Å²) in [6.07, 6.45) is 1.67. The summed E-state index contributed by atoms with van der Waals surface area (Å²) in [5.74, 6) is 0. The molecule has 1 unspecified atom stereocenters. The van der Waals surface area contributed by atoms with Crippen LogP contribution in [0, 0.1) is 0 Å². The van der Waals surface area contributed by atoms with Crippen LogP contribution in [-0.2, 0) is 0 Å². The van der Waals surface area contributed by atoms with Gasteiger partial charge in [-0.15, -0.1) is 0 Å². The largest absolute Gasteiger partial charge is 0.308 e. The SMILES string of the molecule is CNC(c1ccc(Cl)cn1)c1cscc1Br. The van der Waals surface area contributed by atoms with Crippen molar-refractivity contribution >= 4 is 38.9 Å². The molecule has 2 rings (SSSR count). The van der Waals surface area contributed by atoms with Gasteiger partial charge in [0.15, 0.2) is 0 Å². The number of rotatable bonds is 3. The van der Waals surface area contributed by atoms with Crippen molar-refractivity contribution < 1.29 is 0 Å². The minimum atomic E-state index is 0.0953. The van der Waals surface area contributed by atoms with Crippen LogP contribution in [0.3, 0.4) is 0 Å². The predicted octanol–water partition coefficient (Wildman–Crippen LogP) is 3.87. The van der Waals surface area contributed by atoms with Crippen LogP contribution in [-0.4, -0.2) is 12.0 Å². The normalized spacial score (nSPS) is 12.7. The maximum absolute atomic E-state index is 5.83. The lowest BCUT2D eigenvalue weighted by Crippen LogP contribution is -2.18. The fourth-order valence-corrected chi connectivity index (χ4v) is 3.18. The van der Waals surface area contributed by atoms with Crippen molar-refractivity contribution in [3.63, 3.8) is 0 Å². The van der Waals surface area contributed by atoms with E-state index in [4.69, 9.17) is 11.6 Å². The Bertz CT molecular complexity index is 469. The molecule has 0 amide bonds. The number of aromatic nitrogens is 1. The minimum absolute atomic E-state index is 0.0953. The van der Waals surface area contributed by atoms with Crippen LogP contribution < -0.4 is 5.32 Å². The van der Waals surface area contributed by atoms with Crippen LogP contribution in [0.2, 0.25) is 5.02 Å². The number of hydrogen-bond donors (Lipinski definition) is 1. The molecule has 0 radical (unpaired) electrons. The topological polar surface area (TPSA) is 24.9 Å². The second kappa shape index (κ2) is 5.27. The molecule has 16 heavy (non-hydrogen) atoms. The first kappa shape index (κ1) is 12.0. The fourth-order valence-electron chi connectivity index (χ4n) is 1.52. The molecule has 0 bridgehead atoms. The highest BCUT2D eigenvalue weighted by Crippen LogP contribution is 2.30. The number of pyridine rings is 1. The Kier molecular flexibility index (Phi) is 3.97. The van der Waals surface area contributed by atoms with Crippen molar-refractivity contribution in [2.45, 2.75) is 6.04 Å². The van der Waals surface area contributed by atoms with E-state index in [1.165, 1.54) is 5.56 Å². The Morgan fingerprint density at radius 1 is 1.44 bits per heavy atom. The van der Waals surface area contributed by atoms with E-state index in [0.717, 1.165) is 10.2 Å². The molecule has 1 atom stereocenters. The molecule has 2 aromatic rings. The maximum Gasteiger partial charge on any atom is 0.0768 e. The molecule has 0 fully saturated rings. The lowest BCUT2D eigenvalue weighted by molar-refractivity contribution is 0.671. The molecule has 0 aliphatic carbocycles. The Morgan fingerprint density at radius 2 is 2.25 bits per heavy atom. The van der Waals surface area contributed by atoms with Gasteiger partial charge in [-0.05, 0) is 46.1 Å². The van der Waals surface area contributed by atoms with Gasteiger partial charge in [0.1, 0.15) is 0 Å². The van der Waals surface area contributed by atoms with Crippen LogP contribution in [0.25, 0.3) is 0 Å². The lowest BCUT2D eigenvalue weighted by atomic mass is 10.1. The summed E-state index contributed by atoms with van der Waals surface area (Å²) in [5.41, 5.74) is 2.16. The highest BCUT2D eigenvalue weighted by atomic mass is 79.9. The molecule has 5 heteroatoms. The summed E-state index contributed by atoms with van der Waals surface area (Å²) in [6.45, 7) is 0. The Hall–Kier alpha value is -0.420. The van der Waals surface area contributed by atoms with Crippen molar-refractivity contribution in [2.24, 2.45) is 0 Å². The smallest absolute Gasteiger partial charge is 0.0768 e. The third-order valence-electron chi connectivity index (χ3n) is 2.29. The average molecular weight is 318 g/mol. The van der Waals surface area contributed by atoms with E-state index >= 15 is 0 Å². The van der Waals surface area contributed by atoms with Gasteiger partial charge in [0, 0.05) is 16.0 Å². The van der Waals surface area contributed by atoms with Gasteiger partial charge in [0.2, 0.25) is 0 Å². The van der Waals surface area contributed by atoms with E-state index in [0.29, 0.717) is 5.02 Å². The summed E-state index contributed by atoms with van der Waals surface area (Å²) < 4.78 is 1.11. The number of halogens is 2. The second-order valence-corrected chi connectivity index (χ2v) is 5.33. The molecular formula is C11H10BrClN2S. The molecule has 0 aromatic carbocycles. The molecule has 1 N–H and O–H groups in total. The van der Waals surface area contributed by atoms with Gasteiger partial charge in [-0.3, -0.25) is 4.98 Å². The maximum atomic E-state index is 5.83. The first-order valence-corrected chi connectivity index (χ1v) is 6.84. The van der Waals surface area contributed by atoms with Gasteiger partial charge in [-0.2, -0.15) is 11.3 Å². The van der Waals surface area contributed by atoms with Gasteiger partial charge in [0.05, 0.1) is 16.8 Å². The standard InChI is InChI=1S/C11H10BrClN2S/c1-14-11(8-5-16-6-9(8)12)10-3-2-7(13)4-15-10/h2-6,11,14H,1H3. The Labute approximate surface area is 112 Å². The molecule has 84 valence electrons. The predicted molar refractivity (Wildman–Crippen MR) is 72.2 cm³/mol. The summed E-state index contributed by atoms with van der Waals surface area (Å²) in [5, 5.41) is 8.09. The molecule has 2 heterocycles.